The minimum atomic E-state index is 0.395. The molecule has 0 amide bonds. The van der Waals surface area contributed by atoms with Crippen molar-refractivity contribution in [2.75, 3.05) is 20.1 Å². The molecule has 0 bridgehead atoms. The maximum atomic E-state index is 10.4. The number of aromatic nitrogens is 1. The Labute approximate surface area is 82.9 Å². The number of hydrogen-bond donors (Lipinski definition) is 0. The highest BCUT2D eigenvalue weighted by Gasteiger charge is 2.21. The van der Waals surface area contributed by atoms with Crippen LogP contribution in [0.4, 0.5) is 0 Å². The molecule has 1 saturated heterocycles. The molecule has 0 radical (unpaired) electrons. The van der Waals surface area contributed by atoms with Crippen LogP contribution in [0, 0.1) is 5.92 Å². The fourth-order valence-electron chi connectivity index (χ4n) is 1.96. The molecule has 4 heteroatoms. The van der Waals surface area contributed by atoms with Gasteiger partial charge in [-0.05, 0) is 25.9 Å². The minimum absolute atomic E-state index is 0.395. The van der Waals surface area contributed by atoms with Crippen LogP contribution < -0.4 is 0 Å². The number of nitrogens with zero attached hydrogens (tertiary/aromatic N) is 2. The minimum Gasteiger partial charge on any atom is -0.361 e. The van der Waals surface area contributed by atoms with Crippen LogP contribution >= 0.6 is 0 Å². The summed E-state index contributed by atoms with van der Waals surface area (Å²) < 4.78 is 5.05. The highest BCUT2D eigenvalue weighted by Crippen LogP contribution is 2.19. The number of likely N-dealkylation sites (tertiary alicyclic amines) is 1. The Kier molecular flexibility index (Phi) is 2.63. The van der Waals surface area contributed by atoms with Crippen LogP contribution in [0.5, 0.6) is 0 Å². The van der Waals surface area contributed by atoms with Gasteiger partial charge in [-0.3, -0.25) is 4.79 Å². The van der Waals surface area contributed by atoms with Crippen LogP contribution in [0.1, 0.15) is 22.7 Å². The quantitative estimate of drug-likeness (QED) is 0.673. The predicted molar refractivity (Wildman–Crippen MR) is 51.2 cm³/mol. The Morgan fingerprint density at radius 2 is 2.64 bits per heavy atom. The zero-order valence-corrected chi connectivity index (χ0v) is 8.27. The summed E-state index contributed by atoms with van der Waals surface area (Å²) in [6.07, 6.45) is 2.81. The Morgan fingerprint density at radius 1 is 1.79 bits per heavy atom. The first-order valence-corrected chi connectivity index (χ1v) is 4.87. The van der Waals surface area contributed by atoms with Crippen molar-refractivity contribution in [1.29, 1.82) is 0 Å². The largest absolute Gasteiger partial charge is 0.361 e. The summed E-state index contributed by atoms with van der Waals surface area (Å²) in [5.74, 6) is 1.47. The van der Waals surface area contributed by atoms with E-state index in [0.29, 0.717) is 17.9 Å². The molecule has 4 nitrogen and oxygen atoms in total. The number of carbonyl (C=O) groups excluding carboxylic acids is 1. The SMILES string of the molecule is CN1CCC(Cc2cc(C=O)no2)C1. The van der Waals surface area contributed by atoms with Gasteiger partial charge in [-0.1, -0.05) is 5.16 Å². The summed E-state index contributed by atoms with van der Waals surface area (Å²) in [5, 5.41) is 3.64. The van der Waals surface area contributed by atoms with Gasteiger partial charge in [0.2, 0.25) is 0 Å². The second-order valence-electron chi connectivity index (χ2n) is 3.96. The lowest BCUT2D eigenvalue weighted by atomic mass is 10.0. The number of aldehydes is 1. The van der Waals surface area contributed by atoms with E-state index >= 15 is 0 Å². The van der Waals surface area contributed by atoms with Gasteiger partial charge in [-0.2, -0.15) is 0 Å². The molecule has 1 unspecified atom stereocenters. The molecule has 1 aliphatic heterocycles. The average Bonchev–Trinajstić information content (AvgIpc) is 2.76. The molecule has 1 aromatic rings. The molecule has 1 aromatic heterocycles. The van der Waals surface area contributed by atoms with Gasteiger partial charge in [0, 0.05) is 19.0 Å². The first-order valence-electron chi connectivity index (χ1n) is 4.87. The summed E-state index contributed by atoms with van der Waals surface area (Å²) >= 11 is 0. The third-order valence-corrected chi connectivity index (χ3v) is 2.68. The summed E-state index contributed by atoms with van der Waals surface area (Å²) in [7, 11) is 2.12. The molecule has 14 heavy (non-hydrogen) atoms. The molecule has 0 aliphatic carbocycles. The number of hydrogen-bond acceptors (Lipinski definition) is 4. The fraction of sp³-hybridized carbons (Fsp3) is 0.600. The molecule has 1 aliphatic rings. The lowest BCUT2D eigenvalue weighted by Gasteiger charge is -2.07. The normalized spacial score (nSPS) is 22.8. The molecule has 1 fully saturated rings. The molecule has 0 aromatic carbocycles. The third-order valence-electron chi connectivity index (χ3n) is 2.68. The van der Waals surface area contributed by atoms with Crippen LogP contribution in [-0.2, 0) is 6.42 Å². The molecular weight excluding hydrogens is 180 g/mol. The van der Waals surface area contributed by atoms with E-state index in [1.165, 1.54) is 6.42 Å². The molecule has 0 saturated carbocycles. The Hall–Kier alpha value is -1.16. The van der Waals surface area contributed by atoms with Crippen LogP contribution in [0.25, 0.3) is 0 Å². The first kappa shape index (κ1) is 9.40. The van der Waals surface area contributed by atoms with E-state index in [4.69, 9.17) is 4.52 Å². The van der Waals surface area contributed by atoms with Crippen LogP contribution in [-0.4, -0.2) is 36.5 Å². The molecule has 2 rings (SSSR count). The van der Waals surface area contributed by atoms with E-state index in [1.807, 2.05) is 0 Å². The van der Waals surface area contributed by atoms with Gasteiger partial charge in [0.05, 0.1) is 0 Å². The zero-order chi connectivity index (χ0) is 9.97. The topological polar surface area (TPSA) is 46.3 Å². The van der Waals surface area contributed by atoms with E-state index in [9.17, 15) is 4.79 Å². The molecule has 0 spiro atoms. The third kappa shape index (κ3) is 2.01. The van der Waals surface area contributed by atoms with E-state index in [2.05, 4.69) is 17.1 Å². The summed E-state index contributed by atoms with van der Waals surface area (Å²) in [5.41, 5.74) is 0.395. The molecule has 76 valence electrons. The first-order chi connectivity index (χ1) is 6.78. The van der Waals surface area contributed by atoms with E-state index < -0.39 is 0 Å². The van der Waals surface area contributed by atoms with Crippen molar-refractivity contribution in [3.05, 3.63) is 17.5 Å². The van der Waals surface area contributed by atoms with Crippen molar-refractivity contribution in [3.8, 4) is 0 Å². The van der Waals surface area contributed by atoms with Gasteiger partial charge >= 0.3 is 0 Å². The van der Waals surface area contributed by atoms with Crippen LogP contribution in [0.3, 0.4) is 0 Å². The maximum Gasteiger partial charge on any atom is 0.171 e. The van der Waals surface area contributed by atoms with Gasteiger partial charge in [0.15, 0.2) is 6.29 Å². The van der Waals surface area contributed by atoms with E-state index in [1.54, 1.807) is 6.07 Å². The predicted octanol–water partition coefficient (Wildman–Crippen LogP) is 0.981. The molecule has 0 N–H and O–H groups in total. The smallest absolute Gasteiger partial charge is 0.171 e. The van der Waals surface area contributed by atoms with Crippen molar-refractivity contribution >= 4 is 6.29 Å². The average molecular weight is 194 g/mol. The van der Waals surface area contributed by atoms with Crippen LogP contribution in [0.15, 0.2) is 10.6 Å². The van der Waals surface area contributed by atoms with E-state index in [-0.39, 0.29) is 0 Å². The van der Waals surface area contributed by atoms with E-state index in [0.717, 1.165) is 25.3 Å². The number of rotatable bonds is 3. The Morgan fingerprint density at radius 3 is 3.21 bits per heavy atom. The highest BCUT2D eigenvalue weighted by molar-refractivity contribution is 5.71. The van der Waals surface area contributed by atoms with Crippen molar-refractivity contribution in [2.24, 2.45) is 5.92 Å². The molecule has 1 atom stereocenters. The second-order valence-corrected chi connectivity index (χ2v) is 3.96. The molecular formula is C10H14N2O2. The van der Waals surface area contributed by atoms with Crippen molar-refractivity contribution < 1.29 is 9.32 Å². The maximum absolute atomic E-state index is 10.4. The van der Waals surface area contributed by atoms with Crippen molar-refractivity contribution in [3.63, 3.8) is 0 Å². The number of carbonyl (C=O) groups is 1. The van der Waals surface area contributed by atoms with Gasteiger partial charge in [0.1, 0.15) is 11.5 Å². The molecule has 2 heterocycles. The summed E-state index contributed by atoms with van der Waals surface area (Å²) in [6, 6.07) is 1.73. The fourth-order valence-corrected chi connectivity index (χ4v) is 1.96. The standard InChI is InChI=1S/C10H14N2O2/c1-12-3-2-8(6-12)4-10-5-9(7-13)11-14-10/h5,7-8H,2-4,6H2,1H3. The van der Waals surface area contributed by atoms with Crippen molar-refractivity contribution in [2.45, 2.75) is 12.8 Å². The van der Waals surface area contributed by atoms with Crippen molar-refractivity contribution in [1.82, 2.24) is 10.1 Å². The van der Waals surface area contributed by atoms with Crippen LogP contribution in [0.2, 0.25) is 0 Å². The lowest BCUT2D eigenvalue weighted by Crippen LogP contribution is -2.14. The summed E-state index contributed by atoms with van der Waals surface area (Å²) in [6.45, 7) is 2.26. The Balaban J connectivity index is 1.93. The van der Waals surface area contributed by atoms with Gasteiger partial charge < -0.3 is 9.42 Å². The van der Waals surface area contributed by atoms with Gasteiger partial charge in [-0.15, -0.1) is 0 Å². The Bertz CT molecular complexity index is 322. The monoisotopic (exact) mass is 194 g/mol. The zero-order valence-electron chi connectivity index (χ0n) is 8.27. The highest BCUT2D eigenvalue weighted by atomic mass is 16.5. The van der Waals surface area contributed by atoms with Gasteiger partial charge in [-0.25, -0.2) is 0 Å². The van der Waals surface area contributed by atoms with Gasteiger partial charge in [0.25, 0.3) is 0 Å². The summed E-state index contributed by atoms with van der Waals surface area (Å²) in [4.78, 5) is 12.7. The lowest BCUT2D eigenvalue weighted by molar-refractivity contribution is 0.111. The second kappa shape index (κ2) is 3.92.